The maximum Gasteiger partial charge on any atom is 0.287 e. The topological polar surface area (TPSA) is 84.4 Å². The standard InChI is InChI=1S/C18H20N4O3/c1-12-5-7-24-17(12)18(23)19-9-14-4-6-22(11-14)10-13-2-3-15-16(8-13)21-25-20-15/h2-3,5,7-8,14H,4,6,9-11H2,1H3,(H,19,23)/t14-/m0/s1. The van der Waals surface area contributed by atoms with Gasteiger partial charge in [-0.25, -0.2) is 4.63 Å². The Morgan fingerprint density at radius 1 is 1.32 bits per heavy atom. The van der Waals surface area contributed by atoms with Crippen molar-refractivity contribution < 1.29 is 13.8 Å². The molecule has 0 bridgehead atoms. The summed E-state index contributed by atoms with van der Waals surface area (Å²) in [7, 11) is 0. The fourth-order valence-corrected chi connectivity index (χ4v) is 3.33. The van der Waals surface area contributed by atoms with E-state index in [1.54, 1.807) is 12.3 Å². The molecule has 0 aliphatic carbocycles. The lowest BCUT2D eigenvalue weighted by molar-refractivity contribution is 0.0918. The number of hydrogen-bond donors (Lipinski definition) is 1. The van der Waals surface area contributed by atoms with Gasteiger partial charge < -0.3 is 9.73 Å². The van der Waals surface area contributed by atoms with Crippen LogP contribution in [0.15, 0.2) is 39.6 Å². The van der Waals surface area contributed by atoms with Crippen molar-refractivity contribution in [2.24, 2.45) is 5.92 Å². The fraction of sp³-hybridized carbons (Fsp3) is 0.389. The number of aromatic nitrogens is 2. The Labute approximate surface area is 144 Å². The molecule has 1 aromatic carbocycles. The maximum absolute atomic E-state index is 12.1. The number of nitrogens with one attached hydrogen (secondary N) is 1. The average molecular weight is 340 g/mol. The molecule has 1 atom stereocenters. The molecular formula is C18H20N4O3. The van der Waals surface area contributed by atoms with Crippen molar-refractivity contribution in [3.05, 3.63) is 47.4 Å². The van der Waals surface area contributed by atoms with Crippen LogP contribution in [-0.4, -0.2) is 40.8 Å². The first kappa shape index (κ1) is 15.8. The minimum Gasteiger partial charge on any atom is -0.459 e. The van der Waals surface area contributed by atoms with Crippen LogP contribution < -0.4 is 5.32 Å². The second-order valence-electron chi connectivity index (χ2n) is 6.62. The molecule has 1 N–H and O–H groups in total. The van der Waals surface area contributed by atoms with Crippen LogP contribution >= 0.6 is 0 Å². The van der Waals surface area contributed by atoms with Crippen molar-refractivity contribution in [3.63, 3.8) is 0 Å². The number of aryl methyl sites for hydroxylation is 1. The van der Waals surface area contributed by atoms with Gasteiger partial charge in [-0.05, 0) is 59.9 Å². The third-order valence-corrected chi connectivity index (χ3v) is 4.71. The predicted molar refractivity (Wildman–Crippen MR) is 91.0 cm³/mol. The van der Waals surface area contributed by atoms with E-state index in [0.29, 0.717) is 18.2 Å². The molecular weight excluding hydrogens is 320 g/mol. The molecule has 0 unspecified atom stereocenters. The Bertz CT molecular complexity index is 885. The van der Waals surface area contributed by atoms with E-state index in [-0.39, 0.29) is 5.91 Å². The summed E-state index contributed by atoms with van der Waals surface area (Å²) >= 11 is 0. The molecule has 1 aliphatic heterocycles. The second-order valence-corrected chi connectivity index (χ2v) is 6.62. The molecule has 2 aromatic heterocycles. The smallest absolute Gasteiger partial charge is 0.287 e. The lowest BCUT2D eigenvalue weighted by atomic mass is 10.1. The lowest BCUT2D eigenvalue weighted by Crippen LogP contribution is -2.31. The number of fused-ring (bicyclic) bond motifs is 1. The van der Waals surface area contributed by atoms with Crippen LogP contribution in [0.3, 0.4) is 0 Å². The summed E-state index contributed by atoms with van der Waals surface area (Å²) in [6.45, 7) is 5.39. The molecule has 4 rings (SSSR count). The first-order valence-corrected chi connectivity index (χ1v) is 8.45. The van der Waals surface area contributed by atoms with E-state index >= 15 is 0 Å². The van der Waals surface area contributed by atoms with Gasteiger partial charge in [0.05, 0.1) is 6.26 Å². The van der Waals surface area contributed by atoms with Crippen molar-refractivity contribution in [1.29, 1.82) is 0 Å². The molecule has 0 spiro atoms. The zero-order valence-corrected chi connectivity index (χ0v) is 14.1. The molecule has 25 heavy (non-hydrogen) atoms. The third-order valence-electron chi connectivity index (χ3n) is 4.71. The number of nitrogens with zero attached hydrogens (tertiary/aromatic N) is 3. The summed E-state index contributed by atoms with van der Waals surface area (Å²) in [6.07, 6.45) is 2.62. The molecule has 1 saturated heterocycles. The third kappa shape index (κ3) is 3.41. The summed E-state index contributed by atoms with van der Waals surface area (Å²) < 4.78 is 9.97. The van der Waals surface area contributed by atoms with E-state index in [4.69, 9.17) is 9.05 Å². The van der Waals surface area contributed by atoms with Gasteiger partial charge in [-0.15, -0.1) is 0 Å². The molecule has 7 heteroatoms. The highest BCUT2D eigenvalue weighted by atomic mass is 16.6. The van der Waals surface area contributed by atoms with Gasteiger partial charge in [0.25, 0.3) is 5.91 Å². The largest absolute Gasteiger partial charge is 0.459 e. The van der Waals surface area contributed by atoms with E-state index in [1.165, 1.54) is 5.56 Å². The molecule has 7 nitrogen and oxygen atoms in total. The van der Waals surface area contributed by atoms with Gasteiger partial charge in [0.15, 0.2) is 5.76 Å². The summed E-state index contributed by atoms with van der Waals surface area (Å²) in [5, 5.41) is 10.7. The highest BCUT2D eigenvalue weighted by Gasteiger charge is 2.24. The Hall–Kier alpha value is -2.67. The maximum atomic E-state index is 12.1. The van der Waals surface area contributed by atoms with E-state index in [2.05, 4.69) is 26.6 Å². The minimum absolute atomic E-state index is 0.134. The normalized spacial score (nSPS) is 18.0. The minimum atomic E-state index is -0.134. The van der Waals surface area contributed by atoms with Gasteiger partial charge in [0.2, 0.25) is 0 Å². The number of hydrogen-bond acceptors (Lipinski definition) is 6. The monoisotopic (exact) mass is 340 g/mol. The van der Waals surface area contributed by atoms with Crippen LogP contribution in [0.25, 0.3) is 11.0 Å². The lowest BCUT2D eigenvalue weighted by Gasteiger charge is -2.16. The van der Waals surface area contributed by atoms with Crippen molar-refractivity contribution >= 4 is 16.9 Å². The number of likely N-dealkylation sites (tertiary alicyclic amines) is 1. The molecule has 0 saturated carbocycles. The molecule has 0 radical (unpaired) electrons. The van der Waals surface area contributed by atoms with Crippen LogP contribution in [0, 0.1) is 12.8 Å². The van der Waals surface area contributed by atoms with E-state index < -0.39 is 0 Å². The van der Waals surface area contributed by atoms with E-state index in [0.717, 1.165) is 42.7 Å². The molecule has 1 amide bonds. The van der Waals surface area contributed by atoms with Crippen LogP contribution in [-0.2, 0) is 6.54 Å². The second kappa shape index (κ2) is 6.68. The van der Waals surface area contributed by atoms with Crippen LogP contribution in [0.1, 0.15) is 28.1 Å². The van der Waals surface area contributed by atoms with Gasteiger partial charge in [-0.1, -0.05) is 6.07 Å². The van der Waals surface area contributed by atoms with Crippen LogP contribution in [0.2, 0.25) is 0 Å². The molecule has 1 aliphatic rings. The van der Waals surface area contributed by atoms with Gasteiger partial charge in [-0.2, -0.15) is 0 Å². The number of carbonyl (C=O) groups excluding carboxylic acids is 1. The highest BCUT2D eigenvalue weighted by Crippen LogP contribution is 2.20. The average Bonchev–Trinajstić information content (AvgIpc) is 3.33. The van der Waals surface area contributed by atoms with E-state index in [9.17, 15) is 4.79 Å². The van der Waals surface area contributed by atoms with Gasteiger partial charge in [0.1, 0.15) is 11.0 Å². The number of carbonyl (C=O) groups is 1. The summed E-state index contributed by atoms with van der Waals surface area (Å²) in [5.41, 5.74) is 3.62. The fourth-order valence-electron chi connectivity index (χ4n) is 3.33. The first-order chi connectivity index (χ1) is 12.2. The number of rotatable bonds is 5. The van der Waals surface area contributed by atoms with Crippen molar-refractivity contribution in [2.75, 3.05) is 19.6 Å². The van der Waals surface area contributed by atoms with Crippen LogP contribution in [0.4, 0.5) is 0 Å². The highest BCUT2D eigenvalue weighted by molar-refractivity contribution is 5.92. The van der Waals surface area contributed by atoms with Crippen molar-refractivity contribution in [3.8, 4) is 0 Å². The quantitative estimate of drug-likeness (QED) is 0.768. The first-order valence-electron chi connectivity index (χ1n) is 8.45. The molecule has 130 valence electrons. The predicted octanol–water partition coefficient (Wildman–Crippen LogP) is 2.38. The summed E-state index contributed by atoms with van der Waals surface area (Å²) in [6, 6.07) is 7.80. The Morgan fingerprint density at radius 2 is 2.20 bits per heavy atom. The number of furan rings is 1. The van der Waals surface area contributed by atoms with Crippen molar-refractivity contribution in [2.45, 2.75) is 19.9 Å². The number of benzene rings is 1. The van der Waals surface area contributed by atoms with Gasteiger partial charge in [-0.3, -0.25) is 9.69 Å². The SMILES string of the molecule is Cc1ccoc1C(=O)NC[C@@H]1CCN(Cc2ccc3nonc3c2)C1. The molecule has 1 fully saturated rings. The zero-order valence-electron chi connectivity index (χ0n) is 14.1. The van der Waals surface area contributed by atoms with Crippen molar-refractivity contribution in [1.82, 2.24) is 20.5 Å². The summed E-state index contributed by atoms with van der Waals surface area (Å²) in [5.74, 6) is 0.728. The molecule has 3 aromatic rings. The Morgan fingerprint density at radius 3 is 3.04 bits per heavy atom. The van der Waals surface area contributed by atoms with Gasteiger partial charge >= 0.3 is 0 Å². The Kier molecular flexibility index (Phi) is 4.23. The molecule has 3 heterocycles. The van der Waals surface area contributed by atoms with Crippen LogP contribution in [0.5, 0.6) is 0 Å². The summed E-state index contributed by atoms with van der Waals surface area (Å²) in [4.78, 5) is 14.5. The Balaban J connectivity index is 1.29. The van der Waals surface area contributed by atoms with Gasteiger partial charge in [0, 0.05) is 25.2 Å². The number of amides is 1. The van der Waals surface area contributed by atoms with E-state index in [1.807, 2.05) is 19.1 Å². The zero-order chi connectivity index (χ0) is 17.2.